The predicted molar refractivity (Wildman–Crippen MR) is 107 cm³/mol. The van der Waals surface area contributed by atoms with Crippen molar-refractivity contribution >= 4 is 22.9 Å². The van der Waals surface area contributed by atoms with Crippen molar-refractivity contribution in [2.45, 2.75) is 25.5 Å². The van der Waals surface area contributed by atoms with Crippen LogP contribution in [-0.2, 0) is 16.6 Å². The van der Waals surface area contributed by atoms with Crippen LogP contribution in [0.15, 0.2) is 36.4 Å². The molecule has 8 nitrogen and oxygen atoms in total. The van der Waals surface area contributed by atoms with Gasteiger partial charge in [-0.1, -0.05) is 30.3 Å². The van der Waals surface area contributed by atoms with Crippen LogP contribution < -0.4 is 0 Å². The number of pyridine rings is 1. The Morgan fingerprint density at radius 1 is 1.24 bits per heavy atom. The quantitative estimate of drug-likeness (QED) is 0.729. The minimum Gasteiger partial charge on any atom is -0.480 e. The summed E-state index contributed by atoms with van der Waals surface area (Å²) in [5.74, 6) is -1.38. The summed E-state index contributed by atoms with van der Waals surface area (Å²) in [5, 5.41) is 14.7. The molecule has 8 heteroatoms. The smallest absolute Gasteiger partial charge is 0.326 e. The minimum absolute atomic E-state index is 0.232. The fraction of sp³-hybridized carbons (Fsp3) is 0.333. The molecule has 3 aromatic rings. The van der Waals surface area contributed by atoms with E-state index >= 15 is 0 Å². The molecule has 2 unspecified atom stereocenters. The van der Waals surface area contributed by atoms with Gasteiger partial charge >= 0.3 is 5.97 Å². The second kappa shape index (κ2) is 7.29. The molecule has 150 valence electrons. The van der Waals surface area contributed by atoms with E-state index in [-0.39, 0.29) is 25.0 Å². The number of rotatable bonds is 4. The zero-order valence-corrected chi connectivity index (χ0v) is 16.5. The summed E-state index contributed by atoms with van der Waals surface area (Å²) in [7, 11) is 3.31. The molecule has 0 radical (unpaired) electrons. The number of amides is 1. The lowest BCUT2D eigenvalue weighted by Crippen LogP contribution is -2.40. The number of fused-ring (bicyclic) bond motifs is 1. The van der Waals surface area contributed by atoms with Gasteiger partial charge in [-0.2, -0.15) is 5.10 Å². The molecular weight excluding hydrogens is 372 g/mol. The van der Waals surface area contributed by atoms with Crippen LogP contribution in [0.5, 0.6) is 0 Å². The van der Waals surface area contributed by atoms with E-state index in [0.29, 0.717) is 28.0 Å². The van der Waals surface area contributed by atoms with Crippen LogP contribution in [0.3, 0.4) is 0 Å². The van der Waals surface area contributed by atoms with Gasteiger partial charge in [0.25, 0.3) is 5.91 Å². The van der Waals surface area contributed by atoms with Gasteiger partial charge < -0.3 is 14.7 Å². The van der Waals surface area contributed by atoms with Gasteiger partial charge in [0.15, 0.2) is 5.65 Å². The number of aliphatic carboxylic acids is 1. The monoisotopic (exact) mass is 394 g/mol. The number of hydrogen-bond acceptors (Lipinski definition) is 5. The molecule has 0 aliphatic carbocycles. The first-order chi connectivity index (χ1) is 13.9. The van der Waals surface area contributed by atoms with Crippen molar-refractivity contribution < 1.29 is 19.4 Å². The highest BCUT2D eigenvalue weighted by Crippen LogP contribution is 2.30. The first-order valence-electron chi connectivity index (χ1n) is 9.37. The number of carboxylic acid groups (broad SMARTS) is 1. The first kappa shape index (κ1) is 19.1. The summed E-state index contributed by atoms with van der Waals surface area (Å²) in [6, 6.07) is 10.4. The summed E-state index contributed by atoms with van der Waals surface area (Å²) >= 11 is 0. The van der Waals surface area contributed by atoms with Crippen molar-refractivity contribution in [2.75, 3.05) is 13.7 Å². The normalized spacial score (nSPS) is 19.1. The Hall–Kier alpha value is -3.26. The van der Waals surface area contributed by atoms with E-state index in [1.165, 1.54) is 12.0 Å². The molecule has 1 amide bonds. The summed E-state index contributed by atoms with van der Waals surface area (Å²) in [6.07, 6.45) is -0.0374. The summed E-state index contributed by atoms with van der Waals surface area (Å²) < 4.78 is 6.97. The standard InChI is InChI=1S/C21H22N4O4/c1-12-18-15(20(26)25-11-14(29-3)9-17(25)21(27)28)10-16(13-7-5-4-6-8-13)22-19(18)24(2)23-12/h4-8,10,14,17H,9,11H2,1-3H3,(H,27,28). The Morgan fingerprint density at radius 3 is 2.62 bits per heavy atom. The largest absolute Gasteiger partial charge is 0.480 e. The molecule has 1 aliphatic heterocycles. The van der Waals surface area contributed by atoms with Crippen LogP contribution in [0.1, 0.15) is 22.5 Å². The maximum atomic E-state index is 13.5. The average molecular weight is 394 g/mol. The maximum Gasteiger partial charge on any atom is 0.326 e. The van der Waals surface area contributed by atoms with Crippen molar-refractivity contribution in [3.63, 3.8) is 0 Å². The van der Waals surface area contributed by atoms with Gasteiger partial charge in [0, 0.05) is 32.7 Å². The van der Waals surface area contributed by atoms with Crippen LogP contribution in [-0.4, -0.2) is 62.4 Å². The van der Waals surface area contributed by atoms with Crippen molar-refractivity contribution in [3.05, 3.63) is 47.7 Å². The number of aromatic nitrogens is 3. The zero-order valence-electron chi connectivity index (χ0n) is 16.5. The Bertz CT molecular complexity index is 1090. The van der Waals surface area contributed by atoms with Crippen LogP contribution in [0, 0.1) is 6.92 Å². The molecule has 3 heterocycles. The second-order valence-corrected chi connectivity index (χ2v) is 7.23. The molecule has 1 aliphatic rings. The third-order valence-corrected chi connectivity index (χ3v) is 5.41. The van der Waals surface area contributed by atoms with Gasteiger partial charge in [-0.15, -0.1) is 0 Å². The molecule has 4 rings (SSSR count). The van der Waals surface area contributed by atoms with E-state index < -0.39 is 12.0 Å². The van der Waals surface area contributed by atoms with E-state index in [1.54, 1.807) is 17.8 Å². The number of hydrogen-bond donors (Lipinski definition) is 1. The molecule has 1 N–H and O–H groups in total. The molecule has 2 atom stereocenters. The topological polar surface area (TPSA) is 97.6 Å². The van der Waals surface area contributed by atoms with Gasteiger partial charge in [0.2, 0.25) is 0 Å². The fourth-order valence-corrected chi connectivity index (χ4v) is 3.95. The number of carboxylic acids is 1. The van der Waals surface area contributed by atoms with E-state index in [9.17, 15) is 14.7 Å². The molecule has 1 fully saturated rings. The molecule has 1 aromatic carbocycles. The van der Waals surface area contributed by atoms with Gasteiger partial charge in [-0.25, -0.2) is 9.78 Å². The van der Waals surface area contributed by atoms with Gasteiger partial charge in [-0.3, -0.25) is 9.48 Å². The number of benzene rings is 1. The third-order valence-electron chi connectivity index (χ3n) is 5.41. The van der Waals surface area contributed by atoms with Crippen molar-refractivity contribution in [1.29, 1.82) is 0 Å². The van der Waals surface area contributed by atoms with Crippen LogP contribution in [0.4, 0.5) is 0 Å². The van der Waals surface area contributed by atoms with Gasteiger partial charge in [-0.05, 0) is 13.0 Å². The minimum atomic E-state index is -1.03. The summed E-state index contributed by atoms with van der Waals surface area (Å²) in [4.78, 5) is 31.4. The predicted octanol–water partition coefficient (Wildman–Crippen LogP) is 2.26. The number of methoxy groups -OCH3 is 1. The number of carbonyl (C=O) groups is 2. The van der Waals surface area contributed by atoms with Crippen molar-refractivity contribution in [2.24, 2.45) is 7.05 Å². The molecule has 0 spiro atoms. The third kappa shape index (κ3) is 3.25. The van der Waals surface area contributed by atoms with Crippen molar-refractivity contribution in [1.82, 2.24) is 19.7 Å². The number of likely N-dealkylation sites (tertiary alicyclic amines) is 1. The number of ether oxygens (including phenoxy) is 1. The number of aryl methyl sites for hydroxylation is 2. The van der Waals surface area contributed by atoms with Gasteiger partial charge in [0.1, 0.15) is 6.04 Å². The van der Waals surface area contributed by atoms with E-state index in [1.807, 2.05) is 37.3 Å². The molecule has 2 aromatic heterocycles. The molecule has 0 bridgehead atoms. The number of nitrogens with zero attached hydrogens (tertiary/aromatic N) is 4. The molecule has 0 saturated carbocycles. The van der Waals surface area contributed by atoms with Crippen LogP contribution in [0.25, 0.3) is 22.3 Å². The second-order valence-electron chi connectivity index (χ2n) is 7.23. The summed E-state index contributed by atoms with van der Waals surface area (Å²) in [6.45, 7) is 2.05. The SMILES string of the molecule is COC1CC(C(=O)O)N(C(=O)c2cc(-c3ccccc3)nc3c2c(C)nn3C)C1. The number of carbonyl (C=O) groups excluding carboxylic acids is 1. The lowest BCUT2D eigenvalue weighted by molar-refractivity contribution is -0.141. The van der Waals surface area contributed by atoms with E-state index in [4.69, 9.17) is 9.72 Å². The molecule has 29 heavy (non-hydrogen) atoms. The molecule has 1 saturated heterocycles. The maximum absolute atomic E-state index is 13.5. The zero-order chi connectivity index (χ0) is 20.7. The van der Waals surface area contributed by atoms with Crippen LogP contribution >= 0.6 is 0 Å². The highest BCUT2D eigenvalue weighted by molar-refractivity contribution is 6.08. The Kier molecular flexibility index (Phi) is 4.79. The lowest BCUT2D eigenvalue weighted by Gasteiger charge is -2.22. The van der Waals surface area contributed by atoms with Gasteiger partial charge in [0.05, 0.1) is 28.4 Å². The molecular formula is C21H22N4O4. The Morgan fingerprint density at radius 2 is 1.97 bits per heavy atom. The van der Waals surface area contributed by atoms with E-state index in [2.05, 4.69) is 5.10 Å². The highest BCUT2D eigenvalue weighted by Gasteiger charge is 2.41. The van der Waals surface area contributed by atoms with Crippen LogP contribution in [0.2, 0.25) is 0 Å². The Balaban J connectivity index is 1.88. The highest BCUT2D eigenvalue weighted by atomic mass is 16.5. The summed E-state index contributed by atoms with van der Waals surface area (Å²) in [5.41, 5.74) is 3.17. The Labute approximate surface area is 167 Å². The lowest BCUT2D eigenvalue weighted by atomic mass is 10.0. The first-order valence-corrected chi connectivity index (χ1v) is 9.37. The fourth-order valence-electron chi connectivity index (χ4n) is 3.95. The average Bonchev–Trinajstić information content (AvgIpc) is 3.29. The van der Waals surface area contributed by atoms with Crippen molar-refractivity contribution in [3.8, 4) is 11.3 Å². The van der Waals surface area contributed by atoms with E-state index in [0.717, 1.165) is 5.56 Å².